The van der Waals surface area contributed by atoms with Gasteiger partial charge in [0.15, 0.2) is 0 Å². The maximum absolute atomic E-state index is 11.8. The molecule has 1 heterocycles. The van der Waals surface area contributed by atoms with Gasteiger partial charge in [-0.2, -0.15) is 0 Å². The monoisotopic (exact) mass is 275 g/mol. The number of nitrogens with two attached hydrogens (primary N) is 2. The van der Waals surface area contributed by atoms with Crippen molar-refractivity contribution in [2.45, 2.75) is 24.8 Å². The molecule has 1 unspecified atom stereocenters. The molecule has 1 aromatic carbocycles. The van der Waals surface area contributed by atoms with Crippen LogP contribution in [0.5, 0.6) is 5.75 Å². The maximum Gasteiger partial charge on any atom is 0.239 e. The summed E-state index contributed by atoms with van der Waals surface area (Å²) >= 11 is 0. The summed E-state index contributed by atoms with van der Waals surface area (Å²) in [6.45, 7) is 1.98. The van der Waals surface area contributed by atoms with Gasteiger partial charge in [0.25, 0.3) is 0 Å². The number of amides is 1. The predicted octanol–water partition coefficient (Wildman–Crippen LogP) is 0.868. The lowest BCUT2D eigenvalue weighted by Gasteiger charge is -2.34. The average Bonchev–Trinajstić information content (AvgIpc) is 3.26. The zero-order valence-corrected chi connectivity index (χ0v) is 11.5. The van der Waals surface area contributed by atoms with Gasteiger partial charge in [0.2, 0.25) is 5.91 Å². The molecule has 5 heteroatoms. The molecular formula is C15H21N3O2. The van der Waals surface area contributed by atoms with Crippen LogP contribution in [0.15, 0.2) is 24.3 Å². The molecule has 1 aliphatic heterocycles. The molecule has 2 aliphatic rings. The van der Waals surface area contributed by atoms with Crippen molar-refractivity contribution in [1.82, 2.24) is 0 Å². The fraction of sp³-hybridized carbons (Fsp3) is 0.533. The highest BCUT2D eigenvalue weighted by atomic mass is 16.5. The molecule has 5 nitrogen and oxygen atoms in total. The standard InChI is InChI=1S/C15H21N3O2/c16-14(19)15(17,11-6-7-11)10-18-8-3-9-20-13-5-2-1-4-12(13)18/h1-2,4-5,11H,3,6-10,17H2,(H2,16,19). The average molecular weight is 275 g/mol. The van der Waals surface area contributed by atoms with E-state index in [2.05, 4.69) is 4.90 Å². The summed E-state index contributed by atoms with van der Waals surface area (Å²) in [5, 5.41) is 0. The predicted molar refractivity (Wildman–Crippen MR) is 77.6 cm³/mol. The minimum absolute atomic E-state index is 0.219. The summed E-state index contributed by atoms with van der Waals surface area (Å²) in [6, 6.07) is 7.88. The van der Waals surface area contributed by atoms with Crippen molar-refractivity contribution in [2.24, 2.45) is 17.4 Å². The Kier molecular flexibility index (Phi) is 3.30. The zero-order chi connectivity index (χ0) is 14.2. The lowest BCUT2D eigenvalue weighted by molar-refractivity contribution is -0.123. The molecule has 3 rings (SSSR count). The molecule has 20 heavy (non-hydrogen) atoms. The van der Waals surface area contributed by atoms with Gasteiger partial charge in [-0.25, -0.2) is 0 Å². The highest BCUT2D eigenvalue weighted by Gasteiger charge is 2.48. The normalized spacial score (nSPS) is 21.4. The van der Waals surface area contributed by atoms with E-state index in [1.54, 1.807) is 0 Å². The maximum atomic E-state index is 11.8. The van der Waals surface area contributed by atoms with Gasteiger partial charge in [0.1, 0.15) is 11.3 Å². The number of benzene rings is 1. The topological polar surface area (TPSA) is 81.6 Å². The van der Waals surface area contributed by atoms with E-state index in [0.717, 1.165) is 37.2 Å². The van der Waals surface area contributed by atoms with Crippen LogP contribution < -0.4 is 21.1 Å². The van der Waals surface area contributed by atoms with Crippen molar-refractivity contribution < 1.29 is 9.53 Å². The molecule has 1 aromatic rings. The molecule has 0 spiro atoms. The van der Waals surface area contributed by atoms with Gasteiger partial charge in [-0.05, 0) is 37.3 Å². The van der Waals surface area contributed by atoms with Crippen molar-refractivity contribution >= 4 is 11.6 Å². The number of fused-ring (bicyclic) bond motifs is 1. The number of primary amides is 1. The Morgan fingerprint density at radius 3 is 2.85 bits per heavy atom. The number of ether oxygens (including phenoxy) is 1. The molecule has 1 aliphatic carbocycles. The van der Waals surface area contributed by atoms with Crippen LogP contribution in [-0.2, 0) is 4.79 Å². The Labute approximate surface area is 118 Å². The number of rotatable bonds is 4. The zero-order valence-electron chi connectivity index (χ0n) is 11.5. The van der Waals surface area contributed by atoms with E-state index in [-0.39, 0.29) is 5.92 Å². The van der Waals surface area contributed by atoms with Crippen LogP contribution >= 0.6 is 0 Å². The Bertz CT molecular complexity index is 516. The second kappa shape index (κ2) is 4.98. The number of anilines is 1. The van der Waals surface area contributed by atoms with Gasteiger partial charge >= 0.3 is 0 Å². The molecule has 1 fully saturated rings. The third-order valence-corrected chi connectivity index (χ3v) is 4.25. The van der Waals surface area contributed by atoms with E-state index in [0.29, 0.717) is 13.2 Å². The van der Waals surface area contributed by atoms with Crippen LogP contribution in [0.2, 0.25) is 0 Å². The van der Waals surface area contributed by atoms with Crippen LogP contribution in [0.4, 0.5) is 5.69 Å². The quantitative estimate of drug-likeness (QED) is 0.854. The van der Waals surface area contributed by atoms with Gasteiger partial charge in [-0.3, -0.25) is 4.79 Å². The highest BCUT2D eigenvalue weighted by Crippen LogP contribution is 2.40. The van der Waals surface area contributed by atoms with Gasteiger partial charge in [-0.15, -0.1) is 0 Å². The SMILES string of the molecule is NC(=O)C(N)(CN1CCCOc2ccccc21)C1CC1. The third-order valence-electron chi connectivity index (χ3n) is 4.25. The lowest BCUT2D eigenvalue weighted by atomic mass is 9.92. The fourth-order valence-electron chi connectivity index (χ4n) is 2.89. The Morgan fingerprint density at radius 2 is 2.15 bits per heavy atom. The molecule has 108 valence electrons. The molecule has 4 N–H and O–H groups in total. The first kappa shape index (κ1) is 13.2. The van der Waals surface area contributed by atoms with Gasteiger partial charge in [0, 0.05) is 13.1 Å². The summed E-state index contributed by atoms with van der Waals surface area (Å²) in [6.07, 6.45) is 2.89. The van der Waals surface area contributed by atoms with Crippen LogP contribution in [0.1, 0.15) is 19.3 Å². The molecule has 1 atom stereocenters. The molecule has 0 saturated heterocycles. The van der Waals surface area contributed by atoms with Gasteiger partial charge in [-0.1, -0.05) is 12.1 Å². The summed E-state index contributed by atoms with van der Waals surface area (Å²) in [5.74, 6) is 0.673. The second-order valence-corrected chi connectivity index (χ2v) is 5.77. The first-order valence-electron chi connectivity index (χ1n) is 7.17. The first-order valence-corrected chi connectivity index (χ1v) is 7.17. The molecular weight excluding hydrogens is 254 g/mol. The minimum atomic E-state index is -0.933. The minimum Gasteiger partial charge on any atom is -0.491 e. The third kappa shape index (κ3) is 2.33. The molecule has 1 saturated carbocycles. The van der Waals surface area contributed by atoms with Crippen LogP contribution in [0.3, 0.4) is 0 Å². The first-order chi connectivity index (χ1) is 9.61. The summed E-state index contributed by atoms with van der Waals surface area (Å²) in [7, 11) is 0. The fourth-order valence-corrected chi connectivity index (χ4v) is 2.89. The molecule has 1 amide bonds. The van der Waals surface area contributed by atoms with Crippen molar-refractivity contribution in [3.63, 3.8) is 0 Å². The smallest absolute Gasteiger partial charge is 0.239 e. The largest absolute Gasteiger partial charge is 0.491 e. The van der Waals surface area contributed by atoms with E-state index < -0.39 is 11.4 Å². The molecule has 0 aromatic heterocycles. The van der Waals surface area contributed by atoms with Crippen molar-refractivity contribution in [3.8, 4) is 5.75 Å². The Hall–Kier alpha value is -1.75. The molecule has 0 bridgehead atoms. The molecule has 0 radical (unpaired) electrons. The number of carbonyl (C=O) groups is 1. The highest BCUT2D eigenvalue weighted by molar-refractivity contribution is 5.86. The van der Waals surface area contributed by atoms with Crippen LogP contribution in [-0.4, -0.2) is 31.1 Å². The second-order valence-electron chi connectivity index (χ2n) is 5.77. The van der Waals surface area contributed by atoms with E-state index in [9.17, 15) is 4.79 Å². The van der Waals surface area contributed by atoms with Gasteiger partial charge < -0.3 is 21.1 Å². The number of nitrogens with zero attached hydrogens (tertiary/aromatic N) is 1. The number of para-hydroxylation sites is 2. The van der Waals surface area contributed by atoms with E-state index >= 15 is 0 Å². The number of hydrogen-bond acceptors (Lipinski definition) is 4. The summed E-state index contributed by atoms with van der Waals surface area (Å²) in [5.41, 5.74) is 12.0. The number of hydrogen-bond donors (Lipinski definition) is 2. The Balaban J connectivity index is 1.88. The van der Waals surface area contributed by atoms with E-state index in [1.165, 1.54) is 0 Å². The van der Waals surface area contributed by atoms with E-state index in [4.69, 9.17) is 16.2 Å². The van der Waals surface area contributed by atoms with Crippen LogP contribution in [0, 0.1) is 5.92 Å². The van der Waals surface area contributed by atoms with Crippen molar-refractivity contribution in [1.29, 1.82) is 0 Å². The van der Waals surface area contributed by atoms with Crippen LogP contribution in [0.25, 0.3) is 0 Å². The summed E-state index contributed by atoms with van der Waals surface area (Å²) in [4.78, 5) is 14.0. The van der Waals surface area contributed by atoms with Crippen molar-refractivity contribution in [2.75, 3.05) is 24.6 Å². The summed E-state index contributed by atoms with van der Waals surface area (Å²) < 4.78 is 5.73. The lowest BCUT2D eigenvalue weighted by Crippen LogP contribution is -2.61. The van der Waals surface area contributed by atoms with Gasteiger partial charge in [0.05, 0.1) is 12.3 Å². The van der Waals surface area contributed by atoms with E-state index in [1.807, 2.05) is 24.3 Å². The Morgan fingerprint density at radius 1 is 1.40 bits per heavy atom. The van der Waals surface area contributed by atoms with Crippen molar-refractivity contribution in [3.05, 3.63) is 24.3 Å². The number of carbonyl (C=O) groups excluding carboxylic acids is 1.